The Balaban J connectivity index is 0.000000205. The minimum atomic E-state index is -0.443. The van der Waals surface area contributed by atoms with Crippen molar-refractivity contribution in [1.29, 1.82) is 0 Å². The molecule has 0 aliphatic carbocycles. The van der Waals surface area contributed by atoms with Crippen LogP contribution in [0.15, 0.2) is 36.4 Å². The van der Waals surface area contributed by atoms with Gasteiger partial charge in [-0.1, -0.05) is 24.3 Å². The first kappa shape index (κ1) is 39.4. The van der Waals surface area contributed by atoms with Gasteiger partial charge in [-0.05, 0) is 155 Å². The van der Waals surface area contributed by atoms with Gasteiger partial charge < -0.3 is 24.8 Å². The summed E-state index contributed by atoms with van der Waals surface area (Å²) in [4.78, 5) is 24.6. The van der Waals surface area contributed by atoms with E-state index in [9.17, 15) is 4.79 Å². The first-order valence-corrected chi connectivity index (χ1v) is 20.1. The van der Waals surface area contributed by atoms with Crippen molar-refractivity contribution in [1.82, 2.24) is 20.0 Å². The zero-order valence-electron chi connectivity index (χ0n) is 33.6. The summed E-state index contributed by atoms with van der Waals surface area (Å²) in [5, 5.41) is 3.56. The van der Waals surface area contributed by atoms with Crippen molar-refractivity contribution in [2.75, 3.05) is 63.2 Å². The summed E-state index contributed by atoms with van der Waals surface area (Å²) in [5.41, 5.74) is 8.08. The van der Waals surface area contributed by atoms with E-state index in [1.807, 2.05) is 25.7 Å². The number of anilines is 2. The molecule has 4 heterocycles. The second kappa shape index (κ2) is 17.8. The quantitative estimate of drug-likeness (QED) is 0.300. The van der Waals surface area contributed by atoms with E-state index in [1.165, 1.54) is 98.3 Å². The zero-order valence-corrected chi connectivity index (χ0v) is 33.6. The topological polar surface area (TPSA) is 54.5 Å². The molecule has 1 amide bonds. The van der Waals surface area contributed by atoms with Crippen molar-refractivity contribution in [3.8, 4) is 0 Å². The van der Waals surface area contributed by atoms with Crippen LogP contribution in [0.5, 0.6) is 0 Å². The first-order chi connectivity index (χ1) is 24.3. The van der Waals surface area contributed by atoms with Crippen LogP contribution >= 0.6 is 0 Å². The third-order valence-electron chi connectivity index (χ3n) is 11.5. The molecule has 0 bridgehead atoms. The maximum absolute atomic E-state index is 12.5. The van der Waals surface area contributed by atoms with Crippen molar-refractivity contribution >= 4 is 17.5 Å². The molecule has 0 aromatic heterocycles. The summed E-state index contributed by atoms with van der Waals surface area (Å²) in [6.45, 7) is 23.4. The third-order valence-corrected chi connectivity index (χ3v) is 11.5. The summed E-state index contributed by atoms with van der Waals surface area (Å²) in [6.07, 6.45) is 9.61. The standard InChI is InChI=1S/C24H39N3O2.C19H31N3/c1-18-9-10-20(22(15-18)26-12-7-8-13-26)17-25(6)21-11-14-27(19(2)16-21)23(28)29-24(3,4)5;1-15-6-7-17(19(12-15)22-10-4-5-11-22)14-21(3)18-8-9-20-16(2)13-18/h9-10,15,19,21H,7-8,11-14,16-17H2,1-6H3;6-7,12,16,18,20H,4-5,8-11,13-14H2,1-3H3/t19-,21?;16-,18?/m00/s1. The molecule has 51 heavy (non-hydrogen) atoms. The minimum Gasteiger partial charge on any atom is -0.444 e. The summed E-state index contributed by atoms with van der Waals surface area (Å²) < 4.78 is 5.59. The first-order valence-electron chi connectivity index (χ1n) is 20.1. The highest BCUT2D eigenvalue weighted by Crippen LogP contribution is 2.31. The number of carbonyl (C=O) groups is 1. The van der Waals surface area contributed by atoms with Gasteiger partial charge in [-0.25, -0.2) is 4.79 Å². The summed E-state index contributed by atoms with van der Waals surface area (Å²) in [5.74, 6) is 0. The van der Waals surface area contributed by atoms with Crippen LogP contribution in [0, 0.1) is 13.8 Å². The maximum atomic E-state index is 12.5. The Kier molecular flexibility index (Phi) is 13.8. The number of piperidine rings is 2. The van der Waals surface area contributed by atoms with Gasteiger partial charge in [0, 0.05) is 81.4 Å². The Bertz CT molecular complexity index is 1410. The van der Waals surface area contributed by atoms with Gasteiger partial charge in [0.25, 0.3) is 0 Å². The monoisotopic (exact) mass is 703 g/mol. The molecular weight excluding hydrogens is 633 g/mol. The average Bonchev–Trinajstić information content (AvgIpc) is 3.81. The number of nitrogens with one attached hydrogen (secondary N) is 1. The molecule has 0 radical (unpaired) electrons. The van der Waals surface area contributed by atoms with E-state index in [0.29, 0.717) is 18.1 Å². The van der Waals surface area contributed by atoms with Crippen molar-refractivity contribution in [2.45, 2.75) is 143 Å². The van der Waals surface area contributed by atoms with Crippen molar-refractivity contribution in [2.24, 2.45) is 0 Å². The molecule has 1 N–H and O–H groups in total. The number of hydrogen-bond donors (Lipinski definition) is 1. The van der Waals surface area contributed by atoms with Gasteiger partial charge in [-0.15, -0.1) is 0 Å². The van der Waals surface area contributed by atoms with Gasteiger partial charge in [0.2, 0.25) is 0 Å². The minimum absolute atomic E-state index is 0.180. The highest BCUT2D eigenvalue weighted by atomic mass is 16.6. The maximum Gasteiger partial charge on any atom is 0.410 e. The lowest BCUT2D eigenvalue weighted by atomic mass is 9.96. The number of benzene rings is 2. The number of aryl methyl sites for hydroxylation is 2. The van der Waals surface area contributed by atoms with Crippen LogP contribution in [0.4, 0.5) is 16.2 Å². The molecule has 4 aliphatic rings. The van der Waals surface area contributed by atoms with Crippen LogP contribution in [0.25, 0.3) is 0 Å². The Hall–Kier alpha value is -2.81. The van der Waals surface area contributed by atoms with Gasteiger partial charge in [0.15, 0.2) is 0 Å². The Morgan fingerprint density at radius 1 is 0.765 bits per heavy atom. The van der Waals surface area contributed by atoms with E-state index in [-0.39, 0.29) is 12.1 Å². The highest BCUT2D eigenvalue weighted by Gasteiger charge is 2.33. The number of ether oxygens (including phenoxy) is 1. The average molecular weight is 703 g/mol. The number of amides is 1. The number of nitrogens with zero attached hydrogens (tertiary/aromatic N) is 5. The molecule has 284 valence electrons. The van der Waals surface area contributed by atoms with Gasteiger partial charge in [0.05, 0.1) is 0 Å². The molecule has 2 aromatic carbocycles. The molecule has 8 nitrogen and oxygen atoms in total. The largest absolute Gasteiger partial charge is 0.444 e. The molecule has 4 saturated heterocycles. The van der Waals surface area contributed by atoms with Crippen LogP contribution in [0.3, 0.4) is 0 Å². The number of hydrogen-bond acceptors (Lipinski definition) is 7. The molecule has 0 saturated carbocycles. The van der Waals surface area contributed by atoms with E-state index >= 15 is 0 Å². The molecule has 0 spiro atoms. The summed E-state index contributed by atoms with van der Waals surface area (Å²) in [6, 6.07) is 15.9. The Labute approximate surface area is 310 Å². The molecule has 2 unspecified atom stereocenters. The molecular formula is C43H70N6O2. The Morgan fingerprint density at radius 2 is 1.25 bits per heavy atom. The zero-order chi connectivity index (χ0) is 36.7. The second-order valence-corrected chi connectivity index (χ2v) is 17.2. The fraction of sp³-hybridized carbons (Fsp3) is 0.698. The number of rotatable bonds is 8. The fourth-order valence-corrected chi connectivity index (χ4v) is 8.56. The van der Waals surface area contributed by atoms with Gasteiger partial charge in [-0.2, -0.15) is 0 Å². The molecule has 6 rings (SSSR count). The lowest BCUT2D eigenvalue weighted by Crippen LogP contribution is -2.51. The van der Waals surface area contributed by atoms with E-state index in [1.54, 1.807) is 0 Å². The number of likely N-dealkylation sites (tertiary alicyclic amines) is 1. The lowest BCUT2D eigenvalue weighted by molar-refractivity contribution is 0.00279. The van der Waals surface area contributed by atoms with Crippen molar-refractivity contribution < 1.29 is 9.53 Å². The SMILES string of the molecule is Cc1ccc(CN(C)C2CCN(C(=O)OC(C)(C)C)[C@@H](C)C2)c(N2CCCC2)c1.Cc1ccc(CN(C)C2CCN[C@@H](C)C2)c(N2CCCC2)c1. The van der Waals surface area contributed by atoms with Crippen LogP contribution < -0.4 is 15.1 Å². The van der Waals surface area contributed by atoms with E-state index in [4.69, 9.17) is 4.74 Å². The van der Waals surface area contributed by atoms with Crippen LogP contribution in [0.2, 0.25) is 0 Å². The smallest absolute Gasteiger partial charge is 0.410 e. The summed E-state index contributed by atoms with van der Waals surface area (Å²) in [7, 11) is 4.53. The lowest BCUT2D eigenvalue weighted by Gasteiger charge is -2.41. The second-order valence-electron chi connectivity index (χ2n) is 17.2. The summed E-state index contributed by atoms with van der Waals surface area (Å²) >= 11 is 0. The van der Waals surface area contributed by atoms with E-state index in [0.717, 1.165) is 39.0 Å². The molecule has 4 aliphatic heterocycles. The van der Waals surface area contributed by atoms with Crippen molar-refractivity contribution in [3.05, 3.63) is 58.7 Å². The van der Waals surface area contributed by atoms with Crippen LogP contribution in [-0.4, -0.2) is 104 Å². The van der Waals surface area contributed by atoms with E-state index < -0.39 is 5.60 Å². The predicted molar refractivity (Wildman–Crippen MR) is 214 cm³/mol. The van der Waals surface area contributed by atoms with Crippen molar-refractivity contribution in [3.63, 3.8) is 0 Å². The van der Waals surface area contributed by atoms with Crippen LogP contribution in [0.1, 0.15) is 108 Å². The van der Waals surface area contributed by atoms with Crippen LogP contribution in [-0.2, 0) is 17.8 Å². The molecule has 4 fully saturated rings. The van der Waals surface area contributed by atoms with E-state index in [2.05, 4.69) is 103 Å². The molecule has 4 atom stereocenters. The number of carbonyl (C=O) groups excluding carboxylic acids is 1. The highest BCUT2D eigenvalue weighted by molar-refractivity contribution is 5.68. The normalized spacial score (nSPS) is 24.3. The van der Waals surface area contributed by atoms with Gasteiger partial charge >= 0.3 is 6.09 Å². The fourth-order valence-electron chi connectivity index (χ4n) is 8.56. The molecule has 8 heteroatoms. The molecule has 2 aromatic rings. The third kappa shape index (κ3) is 11.1. The van der Waals surface area contributed by atoms with Gasteiger partial charge in [-0.3, -0.25) is 9.80 Å². The predicted octanol–water partition coefficient (Wildman–Crippen LogP) is 7.98. The Morgan fingerprint density at radius 3 is 1.71 bits per heavy atom. The van der Waals surface area contributed by atoms with Gasteiger partial charge in [0.1, 0.15) is 5.60 Å².